The maximum atomic E-state index is 8.75. The third-order valence-electron chi connectivity index (χ3n) is 2.04. The lowest BCUT2D eigenvalue weighted by Crippen LogP contribution is -2.01. The van der Waals surface area contributed by atoms with Gasteiger partial charge in [-0.25, -0.2) is 9.97 Å². The highest BCUT2D eigenvalue weighted by Crippen LogP contribution is 2.22. The van der Waals surface area contributed by atoms with Crippen LogP contribution < -0.4 is 4.74 Å². The summed E-state index contributed by atoms with van der Waals surface area (Å²) in [5.74, 6) is 1.37. The van der Waals surface area contributed by atoms with Crippen LogP contribution in [0, 0.1) is 14.9 Å². The minimum atomic E-state index is 0.322. The van der Waals surface area contributed by atoms with Crippen molar-refractivity contribution < 1.29 is 4.74 Å². The van der Waals surface area contributed by atoms with Crippen LogP contribution in [0.15, 0.2) is 36.7 Å². The van der Waals surface area contributed by atoms with Crippen molar-refractivity contribution in [3.8, 4) is 11.8 Å². The van der Waals surface area contributed by atoms with E-state index in [1.807, 2.05) is 0 Å². The SMILES string of the molecule is N#Cc1ccc(OCc2ncccn2)c(I)c1. The van der Waals surface area contributed by atoms with E-state index in [4.69, 9.17) is 10.00 Å². The first-order valence-corrected chi connectivity index (χ1v) is 5.96. The summed E-state index contributed by atoms with van der Waals surface area (Å²) in [7, 11) is 0. The average molecular weight is 337 g/mol. The molecule has 0 amide bonds. The van der Waals surface area contributed by atoms with Crippen molar-refractivity contribution in [3.05, 3.63) is 51.6 Å². The number of aromatic nitrogens is 2. The lowest BCUT2D eigenvalue weighted by Gasteiger charge is -2.07. The zero-order valence-electron chi connectivity index (χ0n) is 8.80. The van der Waals surface area contributed by atoms with Gasteiger partial charge in [0, 0.05) is 12.4 Å². The van der Waals surface area contributed by atoms with Gasteiger partial charge in [-0.15, -0.1) is 0 Å². The van der Waals surface area contributed by atoms with E-state index in [0.29, 0.717) is 18.0 Å². The molecule has 0 radical (unpaired) electrons. The Labute approximate surface area is 112 Å². The maximum absolute atomic E-state index is 8.75. The second-order valence-electron chi connectivity index (χ2n) is 3.21. The van der Waals surface area contributed by atoms with Crippen molar-refractivity contribution in [1.82, 2.24) is 9.97 Å². The van der Waals surface area contributed by atoms with Gasteiger partial charge >= 0.3 is 0 Å². The van der Waals surface area contributed by atoms with Crippen LogP contribution in [0.3, 0.4) is 0 Å². The normalized spacial score (nSPS) is 9.65. The van der Waals surface area contributed by atoms with Crippen molar-refractivity contribution in [2.24, 2.45) is 0 Å². The van der Waals surface area contributed by atoms with Gasteiger partial charge in [0.15, 0.2) is 5.82 Å². The van der Waals surface area contributed by atoms with E-state index in [9.17, 15) is 0 Å². The number of rotatable bonds is 3. The number of hydrogen-bond acceptors (Lipinski definition) is 4. The van der Waals surface area contributed by atoms with Crippen LogP contribution in [-0.2, 0) is 6.61 Å². The van der Waals surface area contributed by atoms with Gasteiger partial charge in [0.25, 0.3) is 0 Å². The van der Waals surface area contributed by atoms with E-state index >= 15 is 0 Å². The Morgan fingerprint density at radius 1 is 1.29 bits per heavy atom. The Bertz CT molecular complexity index is 551. The van der Waals surface area contributed by atoms with Gasteiger partial charge in [0.05, 0.1) is 15.2 Å². The van der Waals surface area contributed by atoms with E-state index in [1.165, 1.54) is 0 Å². The monoisotopic (exact) mass is 337 g/mol. The summed E-state index contributed by atoms with van der Waals surface area (Å²) in [6.07, 6.45) is 3.35. The predicted octanol–water partition coefficient (Wildman–Crippen LogP) is 2.53. The van der Waals surface area contributed by atoms with Gasteiger partial charge in [-0.1, -0.05) is 0 Å². The fourth-order valence-electron chi connectivity index (χ4n) is 1.23. The van der Waals surface area contributed by atoms with Crippen LogP contribution >= 0.6 is 22.6 Å². The molecule has 5 heteroatoms. The molecule has 2 aromatic rings. The zero-order chi connectivity index (χ0) is 12.1. The average Bonchev–Trinajstić information content (AvgIpc) is 2.38. The molecule has 1 aromatic heterocycles. The second-order valence-corrected chi connectivity index (χ2v) is 4.37. The molecule has 0 bridgehead atoms. The second kappa shape index (κ2) is 5.59. The molecule has 17 heavy (non-hydrogen) atoms. The highest BCUT2D eigenvalue weighted by Gasteiger charge is 2.03. The standard InChI is InChI=1S/C12H8IN3O/c13-10-6-9(7-14)2-3-11(10)17-8-12-15-4-1-5-16-12/h1-6H,8H2. The van der Waals surface area contributed by atoms with Crippen molar-refractivity contribution in [2.75, 3.05) is 0 Å². The molecule has 0 spiro atoms. The van der Waals surface area contributed by atoms with Crippen molar-refractivity contribution >= 4 is 22.6 Å². The van der Waals surface area contributed by atoms with E-state index < -0.39 is 0 Å². The molecule has 0 aliphatic carbocycles. The van der Waals surface area contributed by atoms with E-state index in [-0.39, 0.29) is 0 Å². The summed E-state index contributed by atoms with van der Waals surface area (Å²) in [6.45, 7) is 0.322. The first-order chi connectivity index (χ1) is 8.29. The smallest absolute Gasteiger partial charge is 0.166 e. The number of nitrogens with zero attached hydrogens (tertiary/aromatic N) is 3. The lowest BCUT2D eigenvalue weighted by molar-refractivity contribution is 0.293. The molecule has 84 valence electrons. The third kappa shape index (κ3) is 3.14. The largest absolute Gasteiger partial charge is 0.485 e. The predicted molar refractivity (Wildman–Crippen MR) is 70.2 cm³/mol. The maximum Gasteiger partial charge on any atom is 0.166 e. The molecule has 0 saturated carbocycles. The highest BCUT2D eigenvalue weighted by atomic mass is 127. The van der Waals surface area contributed by atoms with E-state index in [0.717, 1.165) is 9.32 Å². The minimum absolute atomic E-state index is 0.322. The van der Waals surface area contributed by atoms with Gasteiger partial charge in [-0.3, -0.25) is 0 Å². The van der Waals surface area contributed by atoms with Crippen LogP contribution in [0.1, 0.15) is 11.4 Å². The van der Waals surface area contributed by atoms with Crippen molar-refractivity contribution in [2.45, 2.75) is 6.61 Å². The Hall–Kier alpha value is -1.68. The molecule has 4 nitrogen and oxygen atoms in total. The van der Waals surface area contributed by atoms with Crippen LogP contribution in [0.2, 0.25) is 0 Å². The molecule has 0 saturated heterocycles. The van der Waals surface area contributed by atoms with E-state index in [1.54, 1.807) is 36.7 Å². The number of ether oxygens (including phenoxy) is 1. The van der Waals surface area contributed by atoms with Gasteiger partial charge in [-0.05, 0) is 46.9 Å². The summed E-state index contributed by atoms with van der Waals surface area (Å²) in [5, 5.41) is 8.75. The Kier molecular flexibility index (Phi) is 3.88. The molecule has 0 N–H and O–H groups in total. The molecule has 2 rings (SSSR count). The summed E-state index contributed by atoms with van der Waals surface area (Å²) < 4.78 is 6.48. The minimum Gasteiger partial charge on any atom is -0.485 e. The molecule has 0 aliphatic rings. The summed E-state index contributed by atoms with van der Waals surface area (Å²) in [6, 6.07) is 9.13. The molecular weight excluding hydrogens is 329 g/mol. The van der Waals surface area contributed by atoms with Gasteiger partial charge in [-0.2, -0.15) is 5.26 Å². The molecule has 1 heterocycles. The van der Waals surface area contributed by atoms with Crippen LogP contribution in [0.25, 0.3) is 0 Å². The lowest BCUT2D eigenvalue weighted by atomic mass is 10.2. The molecule has 0 aliphatic heterocycles. The topological polar surface area (TPSA) is 58.8 Å². The highest BCUT2D eigenvalue weighted by molar-refractivity contribution is 14.1. The van der Waals surface area contributed by atoms with Gasteiger partial charge in [0.2, 0.25) is 0 Å². The van der Waals surface area contributed by atoms with Crippen LogP contribution in [0.4, 0.5) is 0 Å². The first kappa shape index (κ1) is 11.8. The van der Waals surface area contributed by atoms with Crippen molar-refractivity contribution in [3.63, 3.8) is 0 Å². The third-order valence-corrected chi connectivity index (χ3v) is 2.88. The Morgan fingerprint density at radius 2 is 2.06 bits per heavy atom. The molecule has 0 fully saturated rings. The number of benzene rings is 1. The van der Waals surface area contributed by atoms with Crippen LogP contribution in [-0.4, -0.2) is 9.97 Å². The Morgan fingerprint density at radius 3 is 2.71 bits per heavy atom. The first-order valence-electron chi connectivity index (χ1n) is 4.88. The van der Waals surface area contributed by atoms with Crippen molar-refractivity contribution in [1.29, 1.82) is 5.26 Å². The van der Waals surface area contributed by atoms with Gasteiger partial charge in [0.1, 0.15) is 12.4 Å². The fourth-order valence-corrected chi connectivity index (χ4v) is 1.91. The summed E-state index contributed by atoms with van der Waals surface area (Å²) >= 11 is 2.14. The van der Waals surface area contributed by atoms with Gasteiger partial charge < -0.3 is 4.74 Å². The Balaban J connectivity index is 2.08. The molecular formula is C12H8IN3O. The van der Waals surface area contributed by atoms with E-state index in [2.05, 4.69) is 38.6 Å². The zero-order valence-corrected chi connectivity index (χ0v) is 11.0. The summed E-state index contributed by atoms with van der Waals surface area (Å²) in [5.41, 5.74) is 0.623. The number of halogens is 1. The molecule has 1 aromatic carbocycles. The number of hydrogen-bond donors (Lipinski definition) is 0. The van der Waals surface area contributed by atoms with Crippen LogP contribution in [0.5, 0.6) is 5.75 Å². The quantitative estimate of drug-likeness (QED) is 0.808. The fraction of sp³-hybridized carbons (Fsp3) is 0.0833. The molecule has 0 atom stereocenters. The molecule has 0 unspecified atom stereocenters. The number of nitriles is 1. The summed E-state index contributed by atoms with van der Waals surface area (Å²) in [4.78, 5) is 8.13.